The zero-order chi connectivity index (χ0) is 18.7. The highest BCUT2D eigenvalue weighted by molar-refractivity contribution is 7.14. The van der Waals surface area contributed by atoms with Crippen molar-refractivity contribution in [2.45, 2.75) is 52.6 Å². The largest absolute Gasteiger partial charge is 0.448 e. The lowest BCUT2D eigenvalue weighted by molar-refractivity contribution is -0.123. The predicted octanol–water partition coefficient (Wildman–Crippen LogP) is 4.62. The number of ether oxygens (including phenoxy) is 1. The number of thiophene rings is 1. The topological polar surface area (TPSA) is 55.4 Å². The monoisotopic (exact) mass is 371 g/mol. The minimum atomic E-state index is -0.841. The fourth-order valence-corrected chi connectivity index (χ4v) is 4.24. The highest BCUT2D eigenvalue weighted by atomic mass is 32.1. The number of carbonyl (C=O) groups is 2. The number of benzene rings is 1. The number of fused-ring (bicyclic) bond motifs is 1. The lowest BCUT2D eigenvalue weighted by Gasteiger charge is -2.16. The summed E-state index contributed by atoms with van der Waals surface area (Å²) in [5, 5.41) is 2.79. The van der Waals surface area contributed by atoms with E-state index < -0.39 is 12.1 Å². The molecule has 0 radical (unpaired) electrons. The lowest BCUT2D eigenvalue weighted by atomic mass is 9.90. The summed E-state index contributed by atoms with van der Waals surface area (Å²) in [6.07, 6.45) is 3.32. The Morgan fingerprint density at radius 3 is 2.73 bits per heavy atom. The van der Waals surface area contributed by atoms with Gasteiger partial charge in [0.1, 0.15) is 4.88 Å². The number of aryl methyl sites for hydroxylation is 2. The SMILES string of the molecule is CCc1ccc(NC(=O)[C@@H](C)OC(=O)c2cc3c(s2)CC[C@H](C)C3)cc1. The molecule has 3 rings (SSSR count). The van der Waals surface area contributed by atoms with Gasteiger partial charge in [-0.25, -0.2) is 4.79 Å². The van der Waals surface area contributed by atoms with Crippen LogP contribution >= 0.6 is 11.3 Å². The Morgan fingerprint density at radius 2 is 2.04 bits per heavy atom. The number of anilines is 1. The van der Waals surface area contributed by atoms with Crippen molar-refractivity contribution in [3.05, 3.63) is 51.2 Å². The van der Waals surface area contributed by atoms with Crippen LogP contribution < -0.4 is 5.32 Å². The summed E-state index contributed by atoms with van der Waals surface area (Å²) in [5.41, 5.74) is 3.17. The third kappa shape index (κ3) is 4.33. The molecule has 0 bridgehead atoms. The number of esters is 1. The van der Waals surface area contributed by atoms with Crippen LogP contribution in [0.5, 0.6) is 0 Å². The van der Waals surface area contributed by atoms with Crippen molar-refractivity contribution in [3.8, 4) is 0 Å². The van der Waals surface area contributed by atoms with Crippen LogP contribution in [0.15, 0.2) is 30.3 Å². The molecular weight excluding hydrogens is 346 g/mol. The van der Waals surface area contributed by atoms with Gasteiger partial charge in [0.2, 0.25) is 0 Å². The fraction of sp³-hybridized carbons (Fsp3) is 0.429. The highest BCUT2D eigenvalue weighted by Gasteiger charge is 2.24. The fourth-order valence-electron chi connectivity index (χ4n) is 3.15. The van der Waals surface area contributed by atoms with E-state index >= 15 is 0 Å². The summed E-state index contributed by atoms with van der Waals surface area (Å²) in [5.74, 6) is -0.0802. The van der Waals surface area contributed by atoms with Crippen LogP contribution in [0.4, 0.5) is 5.69 Å². The van der Waals surface area contributed by atoms with Gasteiger partial charge >= 0.3 is 5.97 Å². The van der Waals surface area contributed by atoms with Crippen molar-refractivity contribution >= 4 is 28.9 Å². The van der Waals surface area contributed by atoms with E-state index in [0.29, 0.717) is 16.5 Å². The molecule has 1 aliphatic carbocycles. The van der Waals surface area contributed by atoms with Gasteiger partial charge in [0.05, 0.1) is 0 Å². The second-order valence-electron chi connectivity index (χ2n) is 6.99. The van der Waals surface area contributed by atoms with Gasteiger partial charge < -0.3 is 10.1 Å². The summed E-state index contributed by atoms with van der Waals surface area (Å²) >= 11 is 1.50. The first kappa shape index (κ1) is 18.6. The maximum absolute atomic E-state index is 12.4. The molecule has 0 aliphatic heterocycles. The van der Waals surface area contributed by atoms with Gasteiger partial charge in [-0.3, -0.25) is 4.79 Å². The highest BCUT2D eigenvalue weighted by Crippen LogP contribution is 2.32. The van der Waals surface area contributed by atoms with E-state index in [0.717, 1.165) is 25.7 Å². The van der Waals surface area contributed by atoms with Crippen molar-refractivity contribution in [2.24, 2.45) is 5.92 Å². The van der Waals surface area contributed by atoms with Crippen LogP contribution in [0.25, 0.3) is 0 Å². The van der Waals surface area contributed by atoms with Crippen molar-refractivity contribution in [2.75, 3.05) is 5.32 Å². The first-order valence-corrected chi connectivity index (χ1v) is 10.00. The quantitative estimate of drug-likeness (QED) is 0.780. The molecule has 4 nitrogen and oxygen atoms in total. The number of hydrogen-bond acceptors (Lipinski definition) is 4. The van der Waals surface area contributed by atoms with E-state index in [4.69, 9.17) is 4.74 Å². The van der Waals surface area contributed by atoms with E-state index in [9.17, 15) is 9.59 Å². The second kappa shape index (κ2) is 8.04. The number of hydrogen-bond donors (Lipinski definition) is 1. The third-order valence-electron chi connectivity index (χ3n) is 4.81. The molecule has 1 aliphatic rings. The zero-order valence-corrected chi connectivity index (χ0v) is 16.3. The molecule has 0 unspecified atom stereocenters. The Morgan fingerprint density at radius 1 is 1.31 bits per heavy atom. The molecule has 0 saturated heterocycles. The van der Waals surface area contributed by atoms with Gasteiger partial charge in [0.15, 0.2) is 6.10 Å². The Kier molecular flexibility index (Phi) is 5.77. The molecule has 1 heterocycles. The number of carbonyl (C=O) groups excluding carboxylic acids is 2. The summed E-state index contributed by atoms with van der Waals surface area (Å²) in [6, 6.07) is 9.61. The molecule has 1 aromatic carbocycles. The first-order valence-electron chi connectivity index (χ1n) is 9.18. The maximum atomic E-state index is 12.4. The molecule has 26 heavy (non-hydrogen) atoms. The number of nitrogens with one attached hydrogen (secondary N) is 1. The Balaban J connectivity index is 1.59. The van der Waals surface area contributed by atoms with Crippen LogP contribution in [-0.4, -0.2) is 18.0 Å². The predicted molar refractivity (Wildman–Crippen MR) is 105 cm³/mol. The average molecular weight is 372 g/mol. The molecule has 1 N–H and O–H groups in total. The molecule has 1 amide bonds. The average Bonchev–Trinajstić information content (AvgIpc) is 3.05. The van der Waals surface area contributed by atoms with Gasteiger partial charge in [-0.1, -0.05) is 26.0 Å². The lowest BCUT2D eigenvalue weighted by Crippen LogP contribution is -2.29. The summed E-state index contributed by atoms with van der Waals surface area (Å²) in [4.78, 5) is 26.6. The van der Waals surface area contributed by atoms with Crippen LogP contribution in [0.1, 0.15) is 52.9 Å². The first-order chi connectivity index (χ1) is 12.5. The molecule has 2 atom stereocenters. The van der Waals surface area contributed by atoms with Crippen LogP contribution in [0.3, 0.4) is 0 Å². The van der Waals surface area contributed by atoms with Gasteiger partial charge in [-0.15, -0.1) is 11.3 Å². The molecule has 0 spiro atoms. The number of rotatable bonds is 5. The van der Waals surface area contributed by atoms with Crippen molar-refractivity contribution in [3.63, 3.8) is 0 Å². The van der Waals surface area contributed by atoms with E-state index in [1.54, 1.807) is 6.92 Å². The summed E-state index contributed by atoms with van der Waals surface area (Å²) in [7, 11) is 0. The molecule has 2 aromatic rings. The normalized spacial score (nSPS) is 17.3. The Bertz CT molecular complexity index is 794. The molecular formula is C21H25NO3S. The van der Waals surface area contributed by atoms with Crippen molar-refractivity contribution in [1.82, 2.24) is 0 Å². The van der Waals surface area contributed by atoms with Crippen LogP contribution in [-0.2, 0) is 28.8 Å². The van der Waals surface area contributed by atoms with E-state index in [1.807, 2.05) is 30.3 Å². The Hall–Kier alpha value is -2.14. The molecule has 138 valence electrons. The van der Waals surface area contributed by atoms with Gasteiger partial charge in [-0.2, -0.15) is 0 Å². The van der Waals surface area contributed by atoms with E-state index in [-0.39, 0.29) is 5.91 Å². The van der Waals surface area contributed by atoms with Crippen molar-refractivity contribution < 1.29 is 14.3 Å². The van der Waals surface area contributed by atoms with Gasteiger partial charge in [0, 0.05) is 10.6 Å². The third-order valence-corrected chi connectivity index (χ3v) is 6.03. The standard InChI is InChI=1S/C21H25NO3S/c1-4-15-6-8-17(9-7-15)22-20(23)14(3)25-21(24)19-12-16-11-13(2)5-10-18(16)26-19/h6-9,12-14H,4-5,10-11H2,1-3H3,(H,22,23)/t13-,14+/m0/s1. The Labute approximate surface area is 158 Å². The zero-order valence-electron chi connectivity index (χ0n) is 15.5. The second-order valence-corrected chi connectivity index (χ2v) is 8.13. The van der Waals surface area contributed by atoms with Crippen LogP contribution in [0, 0.1) is 5.92 Å². The van der Waals surface area contributed by atoms with Crippen molar-refractivity contribution in [1.29, 1.82) is 0 Å². The summed E-state index contributed by atoms with van der Waals surface area (Å²) < 4.78 is 5.38. The molecule has 5 heteroatoms. The minimum absolute atomic E-state index is 0.322. The molecule has 0 fully saturated rings. The maximum Gasteiger partial charge on any atom is 0.349 e. The summed E-state index contributed by atoms with van der Waals surface area (Å²) in [6.45, 7) is 5.92. The molecule has 0 saturated carbocycles. The number of amides is 1. The van der Waals surface area contributed by atoms with E-state index in [2.05, 4.69) is 19.2 Å². The van der Waals surface area contributed by atoms with Crippen LogP contribution in [0.2, 0.25) is 0 Å². The van der Waals surface area contributed by atoms with Gasteiger partial charge in [-0.05, 0) is 67.9 Å². The minimum Gasteiger partial charge on any atom is -0.448 e. The smallest absolute Gasteiger partial charge is 0.349 e. The molecule has 1 aromatic heterocycles. The van der Waals surface area contributed by atoms with E-state index in [1.165, 1.54) is 27.3 Å². The van der Waals surface area contributed by atoms with Gasteiger partial charge in [0.25, 0.3) is 5.91 Å².